The van der Waals surface area contributed by atoms with E-state index in [2.05, 4.69) is 9.97 Å². The van der Waals surface area contributed by atoms with Gasteiger partial charge in [0, 0.05) is 11.4 Å². The molecule has 3 heteroatoms. The molecule has 0 amide bonds. The van der Waals surface area contributed by atoms with Gasteiger partial charge in [-0.1, -0.05) is 0 Å². The first-order chi connectivity index (χ1) is 4.72. The molecular formula is C7H7N3. The highest BCUT2D eigenvalue weighted by molar-refractivity contribution is 5.16. The summed E-state index contributed by atoms with van der Waals surface area (Å²) in [6.07, 6.45) is 0. The summed E-state index contributed by atoms with van der Waals surface area (Å²) in [5, 5.41) is 8.41. The minimum Gasteiger partial charge on any atom is -0.224 e. The van der Waals surface area contributed by atoms with Crippen molar-refractivity contribution in [1.29, 1.82) is 5.26 Å². The lowest BCUT2D eigenvalue weighted by Gasteiger charge is -1.93. The molecule has 1 aromatic heterocycles. The van der Waals surface area contributed by atoms with Gasteiger partial charge in [-0.05, 0) is 19.9 Å². The lowest BCUT2D eigenvalue weighted by molar-refractivity contribution is 1.02. The van der Waals surface area contributed by atoms with E-state index >= 15 is 0 Å². The molecule has 0 N–H and O–H groups in total. The van der Waals surface area contributed by atoms with Crippen molar-refractivity contribution in [2.75, 3.05) is 0 Å². The van der Waals surface area contributed by atoms with E-state index in [1.54, 1.807) is 0 Å². The normalized spacial score (nSPS) is 8.90. The largest absolute Gasteiger partial charge is 0.232 e. The molecule has 0 aliphatic carbocycles. The van der Waals surface area contributed by atoms with E-state index in [1.807, 2.05) is 26.0 Å². The maximum absolute atomic E-state index is 8.41. The lowest BCUT2D eigenvalue weighted by atomic mass is 10.3. The molecule has 10 heavy (non-hydrogen) atoms. The third-order valence-corrected chi connectivity index (χ3v) is 1.08. The van der Waals surface area contributed by atoms with Crippen LogP contribution in [-0.4, -0.2) is 9.97 Å². The van der Waals surface area contributed by atoms with Gasteiger partial charge in [0.2, 0.25) is 5.82 Å². The molecule has 0 spiro atoms. The minimum absolute atomic E-state index is 0.248. The molecule has 0 fully saturated rings. The van der Waals surface area contributed by atoms with Gasteiger partial charge in [-0.15, -0.1) is 0 Å². The van der Waals surface area contributed by atoms with Crippen LogP contribution in [0.2, 0.25) is 0 Å². The first-order valence-electron chi connectivity index (χ1n) is 2.95. The van der Waals surface area contributed by atoms with Gasteiger partial charge in [-0.25, -0.2) is 9.97 Å². The summed E-state index contributed by atoms with van der Waals surface area (Å²) in [6.45, 7) is 3.69. The van der Waals surface area contributed by atoms with E-state index in [0.717, 1.165) is 11.4 Å². The Morgan fingerprint density at radius 1 is 1.30 bits per heavy atom. The Kier molecular flexibility index (Phi) is 1.63. The number of rotatable bonds is 0. The number of hydrogen-bond donors (Lipinski definition) is 0. The van der Waals surface area contributed by atoms with Crippen molar-refractivity contribution in [3.63, 3.8) is 0 Å². The van der Waals surface area contributed by atoms with Crippen LogP contribution in [0, 0.1) is 25.2 Å². The molecule has 0 bridgehead atoms. The number of hydrogen-bond acceptors (Lipinski definition) is 3. The lowest BCUT2D eigenvalue weighted by Crippen LogP contribution is -1.93. The van der Waals surface area contributed by atoms with Crippen LogP contribution >= 0.6 is 0 Å². The molecule has 0 saturated heterocycles. The maximum atomic E-state index is 8.41. The molecule has 0 unspecified atom stereocenters. The van der Waals surface area contributed by atoms with E-state index in [4.69, 9.17) is 5.26 Å². The van der Waals surface area contributed by atoms with E-state index in [9.17, 15) is 0 Å². The van der Waals surface area contributed by atoms with Crippen molar-refractivity contribution < 1.29 is 0 Å². The van der Waals surface area contributed by atoms with Crippen molar-refractivity contribution >= 4 is 0 Å². The predicted octanol–water partition coefficient (Wildman–Crippen LogP) is 0.965. The Morgan fingerprint density at radius 2 is 1.80 bits per heavy atom. The van der Waals surface area contributed by atoms with Crippen LogP contribution in [0.1, 0.15) is 17.2 Å². The van der Waals surface area contributed by atoms with E-state index in [1.165, 1.54) is 0 Å². The summed E-state index contributed by atoms with van der Waals surface area (Å²) in [7, 11) is 0. The zero-order valence-corrected chi connectivity index (χ0v) is 5.92. The highest BCUT2D eigenvalue weighted by atomic mass is 14.9. The first kappa shape index (κ1) is 6.69. The Morgan fingerprint density at radius 3 is 2.20 bits per heavy atom. The molecule has 1 heterocycles. The van der Waals surface area contributed by atoms with Gasteiger partial charge in [0.25, 0.3) is 0 Å². The molecule has 0 atom stereocenters. The average molecular weight is 133 g/mol. The molecule has 0 aliphatic heterocycles. The quantitative estimate of drug-likeness (QED) is 0.529. The van der Waals surface area contributed by atoms with Crippen LogP contribution in [0.15, 0.2) is 6.07 Å². The minimum atomic E-state index is 0.248. The van der Waals surface area contributed by atoms with Crippen LogP contribution in [0.4, 0.5) is 0 Å². The fourth-order valence-corrected chi connectivity index (χ4v) is 0.776. The fraction of sp³-hybridized carbons (Fsp3) is 0.286. The summed E-state index contributed by atoms with van der Waals surface area (Å²) in [5.41, 5.74) is 1.67. The van der Waals surface area contributed by atoms with Gasteiger partial charge in [-0.3, -0.25) is 0 Å². The molecule has 3 nitrogen and oxygen atoms in total. The van der Waals surface area contributed by atoms with Crippen molar-refractivity contribution in [2.24, 2.45) is 0 Å². The second kappa shape index (κ2) is 2.44. The fourth-order valence-electron chi connectivity index (χ4n) is 0.776. The first-order valence-corrected chi connectivity index (χ1v) is 2.95. The Labute approximate surface area is 59.4 Å². The molecule has 0 saturated carbocycles. The van der Waals surface area contributed by atoms with Crippen molar-refractivity contribution in [3.05, 3.63) is 23.3 Å². The van der Waals surface area contributed by atoms with Gasteiger partial charge < -0.3 is 0 Å². The summed E-state index contributed by atoms with van der Waals surface area (Å²) < 4.78 is 0. The monoisotopic (exact) mass is 133 g/mol. The Bertz CT molecular complexity index is 265. The predicted molar refractivity (Wildman–Crippen MR) is 36.2 cm³/mol. The van der Waals surface area contributed by atoms with Crippen LogP contribution < -0.4 is 0 Å². The van der Waals surface area contributed by atoms with Gasteiger partial charge in [-0.2, -0.15) is 5.26 Å². The van der Waals surface area contributed by atoms with Crippen molar-refractivity contribution in [2.45, 2.75) is 13.8 Å². The summed E-state index contributed by atoms with van der Waals surface area (Å²) >= 11 is 0. The van der Waals surface area contributed by atoms with E-state index in [-0.39, 0.29) is 5.82 Å². The highest BCUT2D eigenvalue weighted by Gasteiger charge is 1.94. The number of aryl methyl sites for hydroxylation is 2. The van der Waals surface area contributed by atoms with Crippen molar-refractivity contribution in [1.82, 2.24) is 9.97 Å². The third-order valence-electron chi connectivity index (χ3n) is 1.08. The average Bonchev–Trinajstić information content (AvgIpc) is 1.85. The second-order valence-electron chi connectivity index (χ2n) is 2.09. The third kappa shape index (κ3) is 1.29. The SMILES string of the molecule is Cc1cc(C)nc(C#N)n1. The standard InChI is InChI=1S/C7H7N3/c1-5-3-6(2)10-7(4-8)9-5/h3H,1-2H3. The summed E-state index contributed by atoms with van der Waals surface area (Å²) in [4.78, 5) is 7.76. The highest BCUT2D eigenvalue weighted by Crippen LogP contribution is 1.96. The molecule has 0 radical (unpaired) electrons. The molecule has 0 aliphatic rings. The van der Waals surface area contributed by atoms with Crippen LogP contribution in [0.3, 0.4) is 0 Å². The van der Waals surface area contributed by atoms with E-state index in [0.29, 0.717) is 0 Å². The Balaban J connectivity index is 3.22. The summed E-state index contributed by atoms with van der Waals surface area (Å²) in [6, 6.07) is 3.72. The zero-order chi connectivity index (χ0) is 7.56. The van der Waals surface area contributed by atoms with Crippen LogP contribution in [0.25, 0.3) is 0 Å². The second-order valence-corrected chi connectivity index (χ2v) is 2.09. The summed E-state index contributed by atoms with van der Waals surface area (Å²) in [5.74, 6) is 0.248. The van der Waals surface area contributed by atoms with Gasteiger partial charge in [0.05, 0.1) is 0 Å². The molecule has 0 aromatic carbocycles. The van der Waals surface area contributed by atoms with Gasteiger partial charge in [0.1, 0.15) is 6.07 Å². The van der Waals surface area contributed by atoms with Gasteiger partial charge in [0.15, 0.2) is 0 Å². The molecule has 50 valence electrons. The smallest absolute Gasteiger partial charge is 0.224 e. The van der Waals surface area contributed by atoms with Gasteiger partial charge >= 0.3 is 0 Å². The van der Waals surface area contributed by atoms with Crippen LogP contribution in [-0.2, 0) is 0 Å². The van der Waals surface area contributed by atoms with E-state index < -0.39 is 0 Å². The molecular weight excluding hydrogens is 126 g/mol. The number of nitrogens with zero attached hydrogens (tertiary/aromatic N) is 3. The van der Waals surface area contributed by atoms with Crippen LogP contribution in [0.5, 0.6) is 0 Å². The van der Waals surface area contributed by atoms with Crippen molar-refractivity contribution in [3.8, 4) is 6.07 Å². The molecule has 1 rings (SSSR count). The maximum Gasteiger partial charge on any atom is 0.232 e. The molecule has 1 aromatic rings. The number of aromatic nitrogens is 2. The Hall–Kier alpha value is -1.43. The number of nitriles is 1. The topological polar surface area (TPSA) is 49.6 Å². The zero-order valence-electron chi connectivity index (χ0n) is 5.92.